The first-order valence-electron chi connectivity index (χ1n) is 9.39. The van der Waals surface area contributed by atoms with E-state index in [9.17, 15) is 0 Å². The third-order valence-electron chi connectivity index (χ3n) is 4.61. The maximum atomic E-state index is 4.83. The molecule has 4 rings (SSSR count). The zero-order chi connectivity index (χ0) is 19.2. The highest BCUT2D eigenvalue weighted by Gasteiger charge is 2.21. The molecular formula is C21H23N7. The van der Waals surface area contributed by atoms with E-state index >= 15 is 0 Å². The van der Waals surface area contributed by atoms with Gasteiger partial charge in [0.05, 0.1) is 5.69 Å². The lowest BCUT2D eigenvalue weighted by atomic mass is 10.1. The molecule has 1 aromatic carbocycles. The Labute approximate surface area is 164 Å². The molecule has 0 amide bonds. The Morgan fingerprint density at radius 2 is 1.57 bits per heavy atom. The van der Waals surface area contributed by atoms with Gasteiger partial charge in [0.15, 0.2) is 0 Å². The molecular weight excluding hydrogens is 350 g/mol. The van der Waals surface area contributed by atoms with Crippen LogP contribution in [0.5, 0.6) is 0 Å². The summed E-state index contributed by atoms with van der Waals surface area (Å²) in [5, 5.41) is 3.29. The van der Waals surface area contributed by atoms with Gasteiger partial charge in [-0.3, -0.25) is 0 Å². The van der Waals surface area contributed by atoms with Gasteiger partial charge in [-0.05, 0) is 6.07 Å². The van der Waals surface area contributed by atoms with Crippen molar-refractivity contribution >= 4 is 17.7 Å². The number of nitrogens with one attached hydrogen (secondary N) is 1. The Kier molecular flexibility index (Phi) is 5.42. The van der Waals surface area contributed by atoms with Crippen molar-refractivity contribution < 1.29 is 0 Å². The van der Waals surface area contributed by atoms with Gasteiger partial charge in [0, 0.05) is 56.7 Å². The number of hydrogen-bond acceptors (Lipinski definition) is 7. The fraction of sp³-hybridized carbons (Fsp3) is 0.238. The van der Waals surface area contributed by atoms with Crippen molar-refractivity contribution in [1.29, 1.82) is 0 Å². The lowest BCUT2D eigenvalue weighted by Crippen LogP contribution is -2.47. The Hall–Kier alpha value is -3.48. The Bertz CT molecular complexity index is 907. The molecule has 0 atom stereocenters. The predicted octanol–water partition coefficient (Wildman–Crippen LogP) is 2.86. The van der Waals surface area contributed by atoms with Gasteiger partial charge in [-0.2, -0.15) is 4.98 Å². The van der Waals surface area contributed by atoms with Crippen LogP contribution < -0.4 is 15.1 Å². The molecule has 1 aliphatic heterocycles. The third kappa shape index (κ3) is 4.09. The first-order valence-corrected chi connectivity index (χ1v) is 9.39. The fourth-order valence-electron chi connectivity index (χ4n) is 3.16. The average Bonchev–Trinajstić information content (AvgIpc) is 2.79. The highest BCUT2D eigenvalue weighted by atomic mass is 15.4. The van der Waals surface area contributed by atoms with E-state index in [4.69, 9.17) is 9.97 Å². The first-order chi connectivity index (χ1) is 13.8. The average molecular weight is 373 g/mol. The van der Waals surface area contributed by atoms with Crippen LogP contribution in [-0.4, -0.2) is 52.7 Å². The number of rotatable bonds is 6. The topological polar surface area (TPSA) is 70.1 Å². The molecule has 7 heteroatoms. The SMILES string of the molecule is C=CCNc1cc(-c2ccccc2)nc(N2CCN(c3ncccn3)CC2)n1. The minimum absolute atomic E-state index is 0.657. The summed E-state index contributed by atoms with van der Waals surface area (Å²) in [6, 6.07) is 14.0. The molecule has 1 N–H and O–H groups in total. The lowest BCUT2D eigenvalue weighted by molar-refractivity contribution is 0.628. The van der Waals surface area contributed by atoms with Crippen LogP contribution in [0, 0.1) is 0 Å². The molecule has 0 saturated carbocycles. The number of hydrogen-bond donors (Lipinski definition) is 1. The Morgan fingerprint density at radius 1 is 0.893 bits per heavy atom. The van der Waals surface area contributed by atoms with Crippen LogP contribution in [0.3, 0.4) is 0 Å². The van der Waals surface area contributed by atoms with Crippen molar-refractivity contribution in [2.24, 2.45) is 0 Å². The molecule has 28 heavy (non-hydrogen) atoms. The molecule has 0 aliphatic carbocycles. The standard InChI is InChI=1S/C21H23N7/c1-2-9-22-19-16-18(17-7-4-3-5-8-17)25-21(26-19)28-14-12-27(13-15-28)20-23-10-6-11-24-20/h2-8,10-11,16H,1,9,12-15H2,(H,22,25,26). The minimum atomic E-state index is 0.657. The van der Waals surface area contributed by atoms with Gasteiger partial charge in [-0.15, -0.1) is 6.58 Å². The summed E-state index contributed by atoms with van der Waals surface area (Å²) in [5.74, 6) is 2.31. The smallest absolute Gasteiger partial charge is 0.227 e. The highest BCUT2D eigenvalue weighted by molar-refractivity contribution is 5.64. The summed E-state index contributed by atoms with van der Waals surface area (Å²) in [7, 11) is 0. The van der Waals surface area contributed by atoms with Crippen molar-refractivity contribution in [3.05, 3.63) is 67.5 Å². The molecule has 1 fully saturated rings. The molecule has 3 heterocycles. The van der Waals surface area contributed by atoms with Gasteiger partial charge in [-0.25, -0.2) is 15.0 Å². The number of aromatic nitrogens is 4. The molecule has 3 aromatic rings. The molecule has 2 aromatic heterocycles. The Balaban J connectivity index is 1.56. The number of piperazine rings is 1. The van der Waals surface area contributed by atoms with E-state index in [-0.39, 0.29) is 0 Å². The summed E-state index contributed by atoms with van der Waals surface area (Å²) in [4.78, 5) is 22.7. The Morgan fingerprint density at radius 3 is 2.25 bits per heavy atom. The second kappa shape index (κ2) is 8.47. The number of anilines is 3. The molecule has 1 aliphatic rings. The summed E-state index contributed by atoms with van der Waals surface area (Å²) < 4.78 is 0. The number of benzene rings is 1. The van der Waals surface area contributed by atoms with Gasteiger partial charge >= 0.3 is 0 Å². The third-order valence-corrected chi connectivity index (χ3v) is 4.61. The maximum absolute atomic E-state index is 4.83. The molecule has 0 radical (unpaired) electrons. The predicted molar refractivity (Wildman–Crippen MR) is 113 cm³/mol. The summed E-state index contributed by atoms with van der Waals surface area (Å²) in [6.45, 7) is 7.73. The van der Waals surface area contributed by atoms with Crippen molar-refractivity contribution in [2.75, 3.05) is 47.8 Å². The van der Waals surface area contributed by atoms with E-state index in [2.05, 4.69) is 43.8 Å². The molecule has 1 saturated heterocycles. The van der Waals surface area contributed by atoms with Crippen molar-refractivity contribution in [3.8, 4) is 11.3 Å². The van der Waals surface area contributed by atoms with Crippen LogP contribution >= 0.6 is 0 Å². The first kappa shape index (κ1) is 17.9. The minimum Gasteiger partial charge on any atom is -0.366 e. The van der Waals surface area contributed by atoms with Gasteiger partial charge in [0.25, 0.3) is 0 Å². The largest absolute Gasteiger partial charge is 0.366 e. The van der Waals surface area contributed by atoms with Crippen LogP contribution in [0.1, 0.15) is 0 Å². The van der Waals surface area contributed by atoms with Gasteiger partial charge in [-0.1, -0.05) is 36.4 Å². The van der Waals surface area contributed by atoms with Crippen LogP contribution in [0.4, 0.5) is 17.7 Å². The molecule has 142 valence electrons. The lowest BCUT2D eigenvalue weighted by Gasteiger charge is -2.34. The van der Waals surface area contributed by atoms with E-state index in [1.54, 1.807) is 12.4 Å². The summed E-state index contributed by atoms with van der Waals surface area (Å²) in [6.07, 6.45) is 5.38. The summed E-state index contributed by atoms with van der Waals surface area (Å²) in [5.41, 5.74) is 1.98. The highest BCUT2D eigenvalue weighted by Crippen LogP contribution is 2.24. The summed E-state index contributed by atoms with van der Waals surface area (Å²) >= 11 is 0. The van der Waals surface area contributed by atoms with Gasteiger partial charge in [0.1, 0.15) is 5.82 Å². The normalized spacial score (nSPS) is 14.0. The van der Waals surface area contributed by atoms with Crippen LogP contribution in [0.15, 0.2) is 67.5 Å². The quantitative estimate of drug-likeness (QED) is 0.666. The van der Waals surface area contributed by atoms with Crippen molar-refractivity contribution in [2.45, 2.75) is 0 Å². The maximum Gasteiger partial charge on any atom is 0.227 e. The van der Waals surface area contributed by atoms with Crippen LogP contribution in [-0.2, 0) is 0 Å². The van der Waals surface area contributed by atoms with E-state index in [0.717, 1.165) is 55.2 Å². The van der Waals surface area contributed by atoms with Crippen molar-refractivity contribution in [3.63, 3.8) is 0 Å². The van der Waals surface area contributed by atoms with E-state index in [1.807, 2.05) is 36.4 Å². The molecule has 7 nitrogen and oxygen atoms in total. The molecule has 0 spiro atoms. The van der Waals surface area contributed by atoms with E-state index in [0.29, 0.717) is 6.54 Å². The van der Waals surface area contributed by atoms with Crippen LogP contribution in [0.2, 0.25) is 0 Å². The molecule has 0 bridgehead atoms. The zero-order valence-electron chi connectivity index (χ0n) is 15.7. The zero-order valence-corrected chi connectivity index (χ0v) is 15.7. The number of nitrogens with zero attached hydrogens (tertiary/aromatic N) is 6. The second-order valence-corrected chi connectivity index (χ2v) is 6.50. The van der Waals surface area contributed by atoms with E-state index < -0.39 is 0 Å². The van der Waals surface area contributed by atoms with Crippen molar-refractivity contribution in [1.82, 2.24) is 19.9 Å². The van der Waals surface area contributed by atoms with Gasteiger partial charge in [0.2, 0.25) is 11.9 Å². The van der Waals surface area contributed by atoms with Crippen LogP contribution in [0.25, 0.3) is 11.3 Å². The second-order valence-electron chi connectivity index (χ2n) is 6.50. The monoisotopic (exact) mass is 373 g/mol. The molecule has 0 unspecified atom stereocenters. The van der Waals surface area contributed by atoms with Gasteiger partial charge < -0.3 is 15.1 Å². The fourth-order valence-corrected chi connectivity index (χ4v) is 3.16. The van der Waals surface area contributed by atoms with E-state index in [1.165, 1.54) is 0 Å².